The molecule has 0 heterocycles. The third kappa shape index (κ3) is 1.83. The smallest absolute Gasteiger partial charge is 0.225 e. The van der Waals surface area contributed by atoms with Gasteiger partial charge in [-0.05, 0) is 0 Å². The van der Waals surface area contributed by atoms with Gasteiger partial charge in [0.05, 0.1) is 0 Å². The van der Waals surface area contributed by atoms with E-state index in [0.717, 1.165) is 5.34 Å². The van der Waals surface area contributed by atoms with E-state index in [4.69, 9.17) is 4.91 Å². The minimum atomic E-state index is -5.83. The van der Waals surface area contributed by atoms with Gasteiger partial charge in [0.15, 0.2) is 5.34 Å². The summed E-state index contributed by atoms with van der Waals surface area (Å²) >= 11 is 0. The highest BCUT2D eigenvalue weighted by Gasteiger charge is 2.49. The minimum Gasteiger partial charge on any atom is -0.225 e. The summed E-state index contributed by atoms with van der Waals surface area (Å²) in [4.78, 5) is 8.92. The van der Waals surface area contributed by atoms with Gasteiger partial charge in [-0.2, -0.15) is 21.6 Å². The molecule has 9 heteroatoms. The van der Waals surface area contributed by atoms with Gasteiger partial charge in [-0.3, -0.25) is 0 Å². The molecule has 0 rings (SSSR count). The van der Waals surface area contributed by atoms with Crippen molar-refractivity contribution in [3.63, 3.8) is 0 Å². The average Bonchev–Trinajstić information content (AvgIpc) is 1.61. The van der Waals surface area contributed by atoms with Crippen LogP contribution in [0, 0.1) is 4.91 Å². The van der Waals surface area contributed by atoms with Crippen LogP contribution in [-0.2, 0) is 14.4 Å². The van der Waals surface area contributed by atoms with E-state index in [-0.39, 0.29) is 0 Å². The number of halogens is 3. The fraction of sp³-hybridized carbons (Fsp3) is 1.00. The summed E-state index contributed by atoms with van der Waals surface area (Å²) in [5, 5.41) is 1.12. The molecular formula is CF3NO4S. The van der Waals surface area contributed by atoms with Gasteiger partial charge in [-0.1, -0.05) is 0 Å². The van der Waals surface area contributed by atoms with Gasteiger partial charge in [0, 0.05) is 0 Å². The molecule has 0 bridgehead atoms. The largest absolute Gasteiger partial charge is 0.536 e. The number of alkyl halides is 3. The fourth-order valence-electron chi connectivity index (χ4n) is 0.0823. The van der Waals surface area contributed by atoms with E-state index < -0.39 is 15.6 Å². The maximum Gasteiger partial charge on any atom is 0.536 e. The van der Waals surface area contributed by atoms with E-state index in [2.05, 4.69) is 4.28 Å². The molecule has 10 heavy (non-hydrogen) atoms. The first-order chi connectivity index (χ1) is 4.31. The molecule has 0 amide bonds. The highest BCUT2D eigenvalue weighted by Crippen LogP contribution is 2.24. The van der Waals surface area contributed by atoms with Gasteiger partial charge in [-0.15, -0.1) is 4.91 Å². The molecule has 0 radical (unpaired) electrons. The minimum absolute atomic E-state index is 1.12. The summed E-state index contributed by atoms with van der Waals surface area (Å²) in [7, 11) is -5.83. The second kappa shape index (κ2) is 2.40. The van der Waals surface area contributed by atoms with Gasteiger partial charge in [-0.25, -0.2) is 4.28 Å². The van der Waals surface area contributed by atoms with Crippen molar-refractivity contribution in [3.05, 3.63) is 4.91 Å². The highest BCUT2D eigenvalue weighted by atomic mass is 32.2. The van der Waals surface area contributed by atoms with Crippen LogP contribution in [-0.4, -0.2) is 13.9 Å². The zero-order chi connectivity index (χ0) is 8.41. The van der Waals surface area contributed by atoms with Crippen molar-refractivity contribution in [2.24, 2.45) is 5.34 Å². The zero-order valence-corrected chi connectivity index (χ0v) is 4.94. The molecule has 0 spiro atoms. The van der Waals surface area contributed by atoms with Crippen molar-refractivity contribution in [3.8, 4) is 0 Å². The van der Waals surface area contributed by atoms with E-state index in [1.54, 1.807) is 0 Å². The van der Waals surface area contributed by atoms with Crippen molar-refractivity contribution < 1.29 is 25.9 Å². The van der Waals surface area contributed by atoms with Gasteiger partial charge in [0.1, 0.15) is 0 Å². The topological polar surface area (TPSA) is 72.8 Å². The molecular weight excluding hydrogens is 179 g/mol. The predicted octanol–water partition coefficient (Wildman–Crippen LogP) is 0.534. The SMILES string of the molecule is O=NOS(=O)(=O)C(F)(F)F. The van der Waals surface area contributed by atoms with Crippen LogP contribution in [0.4, 0.5) is 13.2 Å². The second-order valence-corrected chi connectivity index (χ2v) is 2.57. The number of hydrogen-bond acceptors (Lipinski definition) is 5. The summed E-state index contributed by atoms with van der Waals surface area (Å²) in [5.41, 5.74) is -5.60. The van der Waals surface area contributed by atoms with Crippen molar-refractivity contribution in [1.82, 2.24) is 0 Å². The Morgan fingerprint density at radius 2 is 1.70 bits per heavy atom. The molecule has 0 aromatic rings. The Morgan fingerprint density at radius 1 is 1.30 bits per heavy atom. The maximum atomic E-state index is 11.1. The van der Waals surface area contributed by atoms with Crippen LogP contribution in [0.15, 0.2) is 5.34 Å². The van der Waals surface area contributed by atoms with Crippen molar-refractivity contribution in [2.75, 3.05) is 0 Å². The standard InChI is InChI=1S/CF3NO4S/c2-1(3,4)10(7,8)9-5-6. The molecule has 0 aliphatic rings. The molecule has 0 aromatic carbocycles. The summed E-state index contributed by atoms with van der Waals surface area (Å²) in [6.45, 7) is 0. The molecule has 0 saturated carbocycles. The summed E-state index contributed by atoms with van der Waals surface area (Å²) in [5.74, 6) is 0. The van der Waals surface area contributed by atoms with Crippen LogP contribution >= 0.6 is 0 Å². The second-order valence-electron chi connectivity index (χ2n) is 1.05. The first-order valence-corrected chi connectivity index (χ1v) is 3.04. The summed E-state index contributed by atoms with van der Waals surface area (Å²) in [6.07, 6.45) is 0. The van der Waals surface area contributed by atoms with Crippen LogP contribution in [0.3, 0.4) is 0 Å². The Morgan fingerprint density at radius 3 is 1.80 bits per heavy atom. The fourth-order valence-corrected chi connectivity index (χ4v) is 0.247. The lowest BCUT2D eigenvalue weighted by molar-refractivity contribution is -0.0542. The highest BCUT2D eigenvalue weighted by molar-refractivity contribution is 7.87. The van der Waals surface area contributed by atoms with Gasteiger partial charge in [0.2, 0.25) is 0 Å². The molecule has 0 unspecified atom stereocenters. The maximum absolute atomic E-state index is 11.1. The van der Waals surface area contributed by atoms with Gasteiger partial charge in [0.25, 0.3) is 0 Å². The molecule has 0 N–H and O–H groups in total. The van der Waals surface area contributed by atoms with E-state index in [1.165, 1.54) is 0 Å². The quantitative estimate of drug-likeness (QED) is 0.352. The lowest BCUT2D eigenvalue weighted by atomic mass is 11.6. The zero-order valence-electron chi connectivity index (χ0n) is 4.12. The van der Waals surface area contributed by atoms with Crippen molar-refractivity contribution in [1.29, 1.82) is 0 Å². The normalized spacial score (nSPS) is 12.7. The Balaban J connectivity index is 4.59. The predicted molar refractivity (Wildman–Crippen MR) is 21.9 cm³/mol. The van der Waals surface area contributed by atoms with E-state index >= 15 is 0 Å². The molecule has 0 aromatic heterocycles. The van der Waals surface area contributed by atoms with Crippen LogP contribution in [0.5, 0.6) is 0 Å². The molecule has 60 valence electrons. The van der Waals surface area contributed by atoms with E-state index in [1.807, 2.05) is 0 Å². The van der Waals surface area contributed by atoms with Crippen LogP contribution in [0.1, 0.15) is 0 Å². The summed E-state index contributed by atoms with van der Waals surface area (Å²) in [6, 6.07) is 0. The lowest BCUT2D eigenvalue weighted by Gasteiger charge is -2.00. The van der Waals surface area contributed by atoms with Crippen molar-refractivity contribution in [2.45, 2.75) is 5.51 Å². The molecule has 5 nitrogen and oxygen atoms in total. The third-order valence-electron chi connectivity index (χ3n) is 0.412. The van der Waals surface area contributed by atoms with E-state index in [9.17, 15) is 21.6 Å². The molecule has 0 aliphatic carbocycles. The number of nitrogens with zero attached hydrogens (tertiary/aromatic N) is 1. The Hall–Kier alpha value is -0.860. The Kier molecular flexibility index (Phi) is 2.20. The molecule has 0 aliphatic heterocycles. The van der Waals surface area contributed by atoms with Gasteiger partial charge >= 0.3 is 15.6 Å². The number of hydrogen-bond donors (Lipinski definition) is 0. The average molecular weight is 179 g/mol. The van der Waals surface area contributed by atoms with Crippen LogP contribution in [0.2, 0.25) is 0 Å². The van der Waals surface area contributed by atoms with Crippen LogP contribution in [0.25, 0.3) is 0 Å². The van der Waals surface area contributed by atoms with Crippen LogP contribution < -0.4 is 0 Å². The molecule has 0 fully saturated rings. The Bertz CT molecular complexity index is 215. The first-order valence-electron chi connectivity index (χ1n) is 1.64. The third-order valence-corrected chi connectivity index (χ3v) is 1.24. The molecule has 0 atom stereocenters. The van der Waals surface area contributed by atoms with E-state index in [0.29, 0.717) is 0 Å². The first kappa shape index (κ1) is 9.14. The lowest BCUT2D eigenvalue weighted by Crippen LogP contribution is -2.23. The van der Waals surface area contributed by atoms with Crippen molar-refractivity contribution >= 4 is 10.1 Å². The summed E-state index contributed by atoms with van der Waals surface area (Å²) < 4.78 is 55.1. The Labute approximate surface area is 52.8 Å². The van der Waals surface area contributed by atoms with Gasteiger partial charge < -0.3 is 0 Å². The number of rotatable bonds is 2. The molecule has 0 saturated heterocycles. The monoisotopic (exact) mass is 179 g/mol.